The van der Waals surface area contributed by atoms with E-state index in [1.165, 1.54) is 0 Å². The minimum Gasteiger partial charge on any atom is -0.454 e. The number of hydrogen-bond acceptors (Lipinski definition) is 4. The molecule has 2 aliphatic heterocycles. The largest absolute Gasteiger partial charge is 0.454 e. The Balaban J connectivity index is 1.38. The molecule has 3 aromatic rings. The molecule has 0 aromatic heterocycles. The molecule has 1 fully saturated rings. The van der Waals surface area contributed by atoms with Gasteiger partial charge in [-0.15, -0.1) is 0 Å². The summed E-state index contributed by atoms with van der Waals surface area (Å²) in [5, 5.41) is 2.95. The van der Waals surface area contributed by atoms with Crippen molar-refractivity contribution in [3.63, 3.8) is 0 Å². The predicted molar refractivity (Wildman–Crippen MR) is 140 cm³/mol. The van der Waals surface area contributed by atoms with Gasteiger partial charge in [0.1, 0.15) is 5.75 Å². The zero-order valence-corrected chi connectivity index (χ0v) is 20.9. The first-order valence-electron chi connectivity index (χ1n) is 12.2. The van der Waals surface area contributed by atoms with Crippen LogP contribution in [0.4, 0.5) is 17.1 Å². The molecule has 0 aliphatic carbocycles. The van der Waals surface area contributed by atoms with E-state index in [-0.39, 0.29) is 30.2 Å². The molecule has 1 atom stereocenters. The van der Waals surface area contributed by atoms with Crippen LogP contribution >= 0.6 is 0 Å². The molecule has 184 valence electrons. The van der Waals surface area contributed by atoms with Crippen LogP contribution in [0.2, 0.25) is 0 Å². The Morgan fingerprint density at radius 3 is 2.50 bits per heavy atom. The molecular weight excluding hydrogens is 454 g/mol. The van der Waals surface area contributed by atoms with Gasteiger partial charge in [0.05, 0.1) is 17.2 Å². The summed E-state index contributed by atoms with van der Waals surface area (Å²) in [6, 6.07) is 18.2. The van der Waals surface area contributed by atoms with E-state index in [4.69, 9.17) is 4.74 Å². The lowest BCUT2D eigenvalue weighted by atomic mass is 10.1. The number of ether oxygens (including phenoxy) is 1. The fraction of sp³-hybridized carbons (Fsp3) is 0.276. The average Bonchev–Trinajstić information content (AvgIpc) is 3.18. The van der Waals surface area contributed by atoms with E-state index in [1.807, 2.05) is 58.0 Å². The highest BCUT2D eigenvalue weighted by Crippen LogP contribution is 2.41. The summed E-state index contributed by atoms with van der Waals surface area (Å²) in [5.74, 6) is 0.115. The summed E-state index contributed by atoms with van der Waals surface area (Å²) in [6.45, 7) is 8.24. The molecule has 0 spiro atoms. The van der Waals surface area contributed by atoms with Gasteiger partial charge in [0.25, 0.3) is 5.91 Å². The van der Waals surface area contributed by atoms with E-state index in [2.05, 4.69) is 5.32 Å². The summed E-state index contributed by atoms with van der Waals surface area (Å²) in [6.07, 6.45) is 0.152. The lowest BCUT2D eigenvalue weighted by Crippen LogP contribution is -2.36. The van der Waals surface area contributed by atoms with Gasteiger partial charge in [-0.3, -0.25) is 14.4 Å². The molecule has 0 radical (unpaired) electrons. The molecule has 0 saturated carbocycles. The second-order valence-electron chi connectivity index (χ2n) is 9.71. The van der Waals surface area contributed by atoms with Gasteiger partial charge in [-0.2, -0.15) is 0 Å². The van der Waals surface area contributed by atoms with Crippen LogP contribution in [0.3, 0.4) is 0 Å². The Hall–Kier alpha value is -4.13. The van der Waals surface area contributed by atoms with E-state index in [9.17, 15) is 14.4 Å². The molecule has 0 unspecified atom stereocenters. The van der Waals surface area contributed by atoms with Crippen LogP contribution in [-0.2, 0) is 9.59 Å². The number of fused-ring (bicyclic) bond motifs is 2. The predicted octanol–water partition coefficient (Wildman–Crippen LogP) is 5.46. The van der Waals surface area contributed by atoms with Crippen molar-refractivity contribution in [3.05, 3.63) is 77.4 Å². The van der Waals surface area contributed by atoms with Crippen molar-refractivity contribution < 1.29 is 19.1 Å². The third-order valence-electron chi connectivity index (χ3n) is 6.86. The Labute approximate surface area is 210 Å². The zero-order chi connectivity index (χ0) is 25.6. The van der Waals surface area contributed by atoms with Crippen LogP contribution in [0.15, 0.2) is 60.7 Å². The molecular formula is C29H29N3O4. The number of benzene rings is 3. The maximum atomic E-state index is 13.4. The van der Waals surface area contributed by atoms with Crippen molar-refractivity contribution in [1.82, 2.24) is 0 Å². The van der Waals surface area contributed by atoms with Crippen molar-refractivity contribution in [1.29, 1.82) is 0 Å². The number of carbonyl (C=O) groups is 3. The van der Waals surface area contributed by atoms with Gasteiger partial charge in [0.15, 0.2) is 5.75 Å². The highest BCUT2D eigenvalue weighted by molar-refractivity contribution is 6.10. The zero-order valence-electron chi connectivity index (χ0n) is 20.9. The number of carbonyl (C=O) groups excluding carboxylic acids is 3. The van der Waals surface area contributed by atoms with Gasteiger partial charge in [-0.25, -0.2) is 0 Å². The highest BCUT2D eigenvalue weighted by Gasteiger charge is 2.36. The fourth-order valence-corrected chi connectivity index (χ4v) is 4.74. The molecule has 7 heteroatoms. The Morgan fingerprint density at radius 1 is 0.972 bits per heavy atom. The SMILES string of the molecule is Cc1ccc(N2C[C@@H](C(=O)Nc3ccc4c(c3)N(C(C)C)C(=O)c3ccccc3O4)CC2=O)cc1C. The molecule has 36 heavy (non-hydrogen) atoms. The van der Waals surface area contributed by atoms with Gasteiger partial charge in [0, 0.05) is 30.4 Å². The lowest BCUT2D eigenvalue weighted by molar-refractivity contribution is -0.122. The van der Waals surface area contributed by atoms with Crippen molar-refractivity contribution in [2.75, 3.05) is 21.7 Å². The standard InChI is InChI=1S/C29H29N3O4/c1-17(2)32-24-15-21(10-12-26(24)36-25-8-6-5-7-23(25)29(32)35)30-28(34)20-14-27(33)31(16-20)22-11-9-18(3)19(4)13-22/h5-13,15,17,20H,14,16H2,1-4H3,(H,30,34)/t20-/m0/s1. The first-order chi connectivity index (χ1) is 17.2. The van der Waals surface area contributed by atoms with Gasteiger partial charge in [0.2, 0.25) is 11.8 Å². The van der Waals surface area contributed by atoms with Crippen LogP contribution in [0, 0.1) is 19.8 Å². The maximum Gasteiger partial charge on any atom is 0.262 e. The Bertz CT molecular complexity index is 1380. The van der Waals surface area contributed by atoms with E-state index >= 15 is 0 Å². The quantitative estimate of drug-likeness (QED) is 0.535. The number of rotatable bonds is 4. The second-order valence-corrected chi connectivity index (χ2v) is 9.71. The fourth-order valence-electron chi connectivity index (χ4n) is 4.74. The minimum atomic E-state index is -0.471. The molecule has 3 aromatic carbocycles. The molecule has 0 bridgehead atoms. The van der Waals surface area contributed by atoms with Crippen molar-refractivity contribution in [3.8, 4) is 11.5 Å². The highest BCUT2D eigenvalue weighted by atomic mass is 16.5. The third-order valence-corrected chi connectivity index (χ3v) is 6.86. The van der Waals surface area contributed by atoms with E-state index in [0.717, 1.165) is 16.8 Å². The minimum absolute atomic E-state index is 0.0666. The summed E-state index contributed by atoms with van der Waals surface area (Å²) in [7, 11) is 0. The summed E-state index contributed by atoms with van der Waals surface area (Å²) >= 11 is 0. The first-order valence-corrected chi connectivity index (χ1v) is 12.2. The number of nitrogens with zero attached hydrogens (tertiary/aromatic N) is 2. The van der Waals surface area contributed by atoms with Crippen LogP contribution in [-0.4, -0.2) is 30.3 Å². The van der Waals surface area contributed by atoms with Crippen LogP contribution in [0.1, 0.15) is 41.8 Å². The molecule has 3 amide bonds. The molecule has 7 nitrogen and oxygen atoms in total. The topological polar surface area (TPSA) is 79.0 Å². The third kappa shape index (κ3) is 4.21. The van der Waals surface area contributed by atoms with Crippen molar-refractivity contribution in [2.24, 2.45) is 5.92 Å². The summed E-state index contributed by atoms with van der Waals surface area (Å²) in [4.78, 5) is 42.6. The molecule has 2 aliphatic rings. The normalized spacial score (nSPS) is 17.0. The number of amides is 3. The number of nitrogens with one attached hydrogen (secondary N) is 1. The van der Waals surface area contributed by atoms with E-state index in [0.29, 0.717) is 35.0 Å². The number of aryl methyl sites for hydroxylation is 2. The maximum absolute atomic E-state index is 13.4. The molecule has 1 N–H and O–H groups in total. The van der Waals surface area contributed by atoms with E-state index < -0.39 is 5.92 Å². The smallest absolute Gasteiger partial charge is 0.262 e. The van der Waals surface area contributed by atoms with Crippen molar-refractivity contribution >= 4 is 34.8 Å². The lowest BCUT2D eigenvalue weighted by Gasteiger charge is -2.26. The van der Waals surface area contributed by atoms with Gasteiger partial charge >= 0.3 is 0 Å². The van der Waals surface area contributed by atoms with E-state index in [1.54, 1.807) is 40.1 Å². The summed E-state index contributed by atoms with van der Waals surface area (Å²) < 4.78 is 6.08. The van der Waals surface area contributed by atoms with Gasteiger partial charge in [-0.05, 0) is 81.3 Å². The van der Waals surface area contributed by atoms with Crippen molar-refractivity contribution in [2.45, 2.75) is 40.2 Å². The number of anilines is 3. The second kappa shape index (κ2) is 9.15. The Kier molecular flexibility index (Phi) is 6.00. The van der Waals surface area contributed by atoms with Crippen LogP contribution < -0.4 is 19.9 Å². The number of para-hydroxylation sites is 1. The van der Waals surface area contributed by atoms with Gasteiger partial charge < -0.3 is 19.9 Å². The van der Waals surface area contributed by atoms with Gasteiger partial charge in [-0.1, -0.05) is 18.2 Å². The summed E-state index contributed by atoms with van der Waals surface area (Å²) in [5.41, 5.74) is 4.69. The number of hydrogen-bond donors (Lipinski definition) is 1. The molecule has 5 rings (SSSR count). The monoisotopic (exact) mass is 483 g/mol. The molecule has 1 saturated heterocycles. The Morgan fingerprint density at radius 2 is 1.75 bits per heavy atom. The van der Waals surface area contributed by atoms with Crippen LogP contribution in [0.5, 0.6) is 11.5 Å². The van der Waals surface area contributed by atoms with Crippen LogP contribution in [0.25, 0.3) is 0 Å². The average molecular weight is 484 g/mol. The molecule has 2 heterocycles. The first kappa shape index (κ1) is 23.6.